The summed E-state index contributed by atoms with van der Waals surface area (Å²) in [5.41, 5.74) is 3.12. The minimum Gasteiger partial charge on any atom is -0.490 e. The molecular formula is C23H26Cl2N4O5. The predicted molar refractivity (Wildman–Crippen MR) is 132 cm³/mol. The molecule has 2 rings (SSSR count). The molecule has 2 aromatic carbocycles. The molecule has 3 N–H and O–H groups in total. The Morgan fingerprint density at radius 3 is 2.53 bits per heavy atom. The number of nitrogens with zero attached hydrogens (tertiary/aromatic N) is 1. The molecule has 0 unspecified atom stereocenters. The summed E-state index contributed by atoms with van der Waals surface area (Å²) >= 11 is 12.0. The zero-order chi connectivity index (χ0) is 25.1. The van der Waals surface area contributed by atoms with Crippen LogP contribution in [0.1, 0.15) is 32.8 Å². The van der Waals surface area contributed by atoms with E-state index in [4.69, 9.17) is 32.7 Å². The average Bonchev–Trinajstić information content (AvgIpc) is 2.81. The van der Waals surface area contributed by atoms with Crippen molar-refractivity contribution in [3.05, 3.63) is 52.0 Å². The highest BCUT2D eigenvalue weighted by molar-refractivity contribution is 6.44. The lowest BCUT2D eigenvalue weighted by molar-refractivity contribution is -0.139. The topological polar surface area (TPSA) is 118 Å². The number of benzene rings is 2. The molecule has 0 heterocycles. The van der Waals surface area contributed by atoms with Gasteiger partial charge in [0.25, 0.3) is 5.91 Å². The van der Waals surface area contributed by atoms with E-state index < -0.39 is 17.7 Å². The third-order valence-corrected chi connectivity index (χ3v) is 5.25. The molecule has 0 spiro atoms. The van der Waals surface area contributed by atoms with Crippen molar-refractivity contribution >= 4 is 52.8 Å². The molecule has 0 fully saturated rings. The van der Waals surface area contributed by atoms with E-state index in [0.29, 0.717) is 40.8 Å². The van der Waals surface area contributed by atoms with Gasteiger partial charge in [-0.05, 0) is 56.2 Å². The van der Waals surface area contributed by atoms with Gasteiger partial charge in [-0.3, -0.25) is 14.4 Å². The molecular weight excluding hydrogens is 483 g/mol. The van der Waals surface area contributed by atoms with Gasteiger partial charge in [0, 0.05) is 6.04 Å². The first-order valence-electron chi connectivity index (χ1n) is 10.5. The minimum atomic E-state index is -0.868. The fraction of sp³-hybridized carbons (Fsp3) is 0.304. The minimum absolute atomic E-state index is 0.118. The number of anilines is 1. The summed E-state index contributed by atoms with van der Waals surface area (Å²) in [6.45, 7) is 5.55. The Balaban J connectivity index is 1.98. The van der Waals surface area contributed by atoms with Crippen molar-refractivity contribution in [2.75, 3.05) is 18.5 Å². The Morgan fingerprint density at radius 1 is 1.06 bits per heavy atom. The largest absolute Gasteiger partial charge is 0.490 e. The Morgan fingerprint density at radius 2 is 1.82 bits per heavy atom. The number of hydrazone groups is 1. The van der Waals surface area contributed by atoms with Crippen LogP contribution in [0.5, 0.6) is 11.5 Å². The third kappa shape index (κ3) is 8.24. The van der Waals surface area contributed by atoms with E-state index >= 15 is 0 Å². The van der Waals surface area contributed by atoms with Crippen LogP contribution in [0.25, 0.3) is 0 Å². The van der Waals surface area contributed by atoms with Crippen molar-refractivity contribution in [1.29, 1.82) is 0 Å². The quantitative estimate of drug-likeness (QED) is 0.256. The smallest absolute Gasteiger partial charge is 0.329 e. The first-order valence-corrected chi connectivity index (χ1v) is 11.3. The summed E-state index contributed by atoms with van der Waals surface area (Å²) < 4.78 is 11.2. The highest BCUT2D eigenvalue weighted by Crippen LogP contribution is 2.30. The zero-order valence-corrected chi connectivity index (χ0v) is 20.5. The third-order valence-electron chi connectivity index (χ3n) is 4.43. The van der Waals surface area contributed by atoms with Crippen LogP contribution in [0, 0.1) is 0 Å². The van der Waals surface area contributed by atoms with Crippen LogP contribution in [0.4, 0.5) is 5.69 Å². The second kappa shape index (κ2) is 13.4. The molecule has 0 bridgehead atoms. The lowest BCUT2D eigenvalue weighted by Crippen LogP contribution is -2.41. The van der Waals surface area contributed by atoms with Gasteiger partial charge in [-0.15, -0.1) is 0 Å². The van der Waals surface area contributed by atoms with Gasteiger partial charge in [0.1, 0.15) is 0 Å². The first kappa shape index (κ1) is 26.9. The van der Waals surface area contributed by atoms with Crippen LogP contribution in [0.15, 0.2) is 41.5 Å². The molecule has 0 saturated carbocycles. The van der Waals surface area contributed by atoms with E-state index in [1.54, 1.807) is 50.2 Å². The highest BCUT2D eigenvalue weighted by Gasteiger charge is 2.15. The number of rotatable bonds is 10. The molecule has 9 nitrogen and oxygen atoms in total. The van der Waals surface area contributed by atoms with Gasteiger partial charge >= 0.3 is 11.8 Å². The Bertz CT molecular complexity index is 1060. The van der Waals surface area contributed by atoms with Crippen LogP contribution in [-0.2, 0) is 14.4 Å². The van der Waals surface area contributed by atoms with Gasteiger partial charge in [0.05, 0.1) is 28.6 Å². The van der Waals surface area contributed by atoms with Gasteiger partial charge in [0.2, 0.25) is 0 Å². The zero-order valence-electron chi connectivity index (χ0n) is 19.0. The van der Waals surface area contributed by atoms with Crippen LogP contribution in [0.2, 0.25) is 10.0 Å². The van der Waals surface area contributed by atoms with Crippen molar-refractivity contribution in [2.45, 2.75) is 33.2 Å². The van der Waals surface area contributed by atoms with Crippen molar-refractivity contribution in [3.63, 3.8) is 0 Å². The summed E-state index contributed by atoms with van der Waals surface area (Å²) in [6, 6.07) is 9.66. The van der Waals surface area contributed by atoms with Crippen LogP contribution in [-0.4, -0.2) is 43.2 Å². The SMILES string of the molecule is CCOc1cc(/C=N\NC(=O)C(=O)N[C@@H](C)CC)ccc1OCC(=O)Nc1cccc(Cl)c1Cl. The number of hydrogen-bond donors (Lipinski definition) is 3. The molecule has 0 aliphatic rings. The maximum absolute atomic E-state index is 12.3. The van der Waals surface area contributed by atoms with Gasteiger partial charge < -0.3 is 20.1 Å². The van der Waals surface area contributed by atoms with Crippen LogP contribution in [0.3, 0.4) is 0 Å². The Labute approximate surface area is 207 Å². The van der Waals surface area contributed by atoms with Crippen molar-refractivity contribution in [1.82, 2.24) is 10.7 Å². The molecule has 2 aromatic rings. The number of amides is 3. The summed E-state index contributed by atoms with van der Waals surface area (Å²) in [5, 5.41) is 9.53. The molecule has 182 valence electrons. The standard InChI is InChI=1S/C23H26Cl2N4O5/c1-4-14(3)27-22(31)23(32)29-26-12-15-9-10-18(19(11-15)33-5-2)34-13-20(30)28-17-8-6-7-16(24)21(17)25/h6-12,14H,4-5,13H2,1-3H3,(H,27,31)(H,28,30)(H,29,32)/b26-12-/t14-/m0/s1. The average molecular weight is 509 g/mol. The molecule has 34 heavy (non-hydrogen) atoms. The summed E-state index contributed by atoms with van der Waals surface area (Å²) in [7, 11) is 0. The molecule has 0 radical (unpaired) electrons. The Kier molecular flexibility index (Phi) is 10.6. The van der Waals surface area contributed by atoms with E-state index in [1.165, 1.54) is 6.21 Å². The first-order chi connectivity index (χ1) is 16.2. The van der Waals surface area contributed by atoms with E-state index in [1.807, 2.05) is 6.92 Å². The predicted octanol–water partition coefficient (Wildman–Crippen LogP) is 3.77. The van der Waals surface area contributed by atoms with Gasteiger partial charge in [-0.1, -0.05) is 36.2 Å². The van der Waals surface area contributed by atoms with Crippen LogP contribution >= 0.6 is 23.2 Å². The molecule has 0 saturated heterocycles. The van der Waals surface area contributed by atoms with Gasteiger partial charge in [-0.2, -0.15) is 5.10 Å². The summed E-state index contributed by atoms with van der Waals surface area (Å²) in [6.07, 6.45) is 2.06. The summed E-state index contributed by atoms with van der Waals surface area (Å²) in [5.74, 6) is -1.35. The lowest BCUT2D eigenvalue weighted by Gasteiger charge is -2.13. The van der Waals surface area contributed by atoms with Gasteiger partial charge in [0.15, 0.2) is 18.1 Å². The molecule has 0 aliphatic carbocycles. The fourth-order valence-electron chi connectivity index (χ4n) is 2.53. The number of carbonyl (C=O) groups excluding carboxylic acids is 3. The van der Waals surface area contributed by atoms with E-state index in [9.17, 15) is 14.4 Å². The van der Waals surface area contributed by atoms with Crippen LogP contribution < -0.4 is 25.5 Å². The van der Waals surface area contributed by atoms with Crippen molar-refractivity contribution < 1.29 is 23.9 Å². The number of halogens is 2. The molecule has 1 atom stereocenters. The normalized spacial score (nSPS) is 11.6. The fourth-order valence-corrected chi connectivity index (χ4v) is 2.88. The molecule has 11 heteroatoms. The second-order valence-corrected chi connectivity index (χ2v) is 7.84. The summed E-state index contributed by atoms with van der Waals surface area (Å²) in [4.78, 5) is 35.8. The maximum atomic E-state index is 12.3. The molecule has 0 aliphatic heterocycles. The second-order valence-electron chi connectivity index (χ2n) is 7.06. The highest BCUT2D eigenvalue weighted by atomic mass is 35.5. The maximum Gasteiger partial charge on any atom is 0.329 e. The van der Waals surface area contributed by atoms with E-state index in [2.05, 4.69) is 21.2 Å². The van der Waals surface area contributed by atoms with E-state index in [-0.39, 0.29) is 17.7 Å². The van der Waals surface area contributed by atoms with Crippen molar-refractivity contribution in [3.8, 4) is 11.5 Å². The number of hydrogen-bond acceptors (Lipinski definition) is 6. The van der Waals surface area contributed by atoms with Crippen molar-refractivity contribution in [2.24, 2.45) is 5.10 Å². The molecule has 3 amide bonds. The van der Waals surface area contributed by atoms with E-state index in [0.717, 1.165) is 0 Å². The number of nitrogens with one attached hydrogen (secondary N) is 3. The monoisotopic (exact) mass is 508 g/mol. The number of ether oxygens (including phenoxy) is 2. The Hall–Kier alpha value is -3.30. The number of carbonyl (C=O) groups is 3. The lowest BCUT2D eigenvalue weighted by atomic mass is 10.2. The molecule has 0 aromatic heterocycles. The van der Waals surface area contributed by atoms with Gasteiger partial charge in [-0.25, -0.2) is 5.43 Å².